The van der Waals surface area contributed by atoms with E-state index in [0.717, 1.165) is 6.07 Å². The van der Waals surface area contributed by atoms with E-state index in [2.05, 4.69) is 4.98 Å². The number of amides is 1. The molecule has 4 aromatic rings. The normalized spacial score (nSPS) is 12.6. The fraction of sp³-hybridized carbons (Fsp3) is 0.267. The van der Waals surface area contributed by atoms with Crippen LogP contribution in [0.3, 0.4) is 0 Å². The Morgan fingerprint density at radius 3 is 2.37 bits per heavy atom. The molecule has 0 radical (unpaired) electrons. The van der Waals surface area contributed by atoms with Crippen molar-refractivity contribution in [3.63, 3.8) is 0 Å². The van der Waals surface area contributed by atoms with Crippen molar-refractivity contribution in [3.8, 4) is 11.8 Å². The number of nitriles is 1. The van der Waals surface area contributed by atoms with Crippen LogP contribution in [0.2, 0.25) is 0 Å². The second-order valence-electron chi connectivity index (χ2n) is 9.77. The summed E-state index contributed by atoms with van der Waals surface area (Å²) in [5.41, 5.74) is -1.02. The first-order valence-electron chi connectivity index (χ1n) is 13.1. The van der Waals surface area contributed by atoms with Gasteiger partial charge in [-0.3, -0.25) is 14.2 Å². The van der Waals surface area contributed by atoms with E-state index in [9.17, 15) is 40.8 Å². The van der Waals surface area contributed by atoms with Crippen LogP contribution in [-0.2, 0) is 27.2 Å². The van der Waals surface area contributed by atoms with Gasteiger partial charge in [0, 0.05) is 12.3 Å². The maximum atomic E-state index is 14.3. The van der Waals surface area contributed by atoms with Crippen LogP contribution in [0.1, 0.15) is 42.4 Å². The van der Waals surface area contributed by atoms with Crippen molar-refractivity contribution in [3.05, 3.63) is 105 Å². The van der Waals surface area contributed by atoms with Crippen LogP contribution in [0.25, 0.3) is 16.6 Å². The molecule has 1 aromatic heterocycles. The molecule has 1 atom stereocenters. The fourth-order valence-electron chi connectivity index (χ4n) is 4.59. The Hall–Kier alpha value is -4.57. The van der Waals surface area contributed by atoms with Crippen LogP contribution < -0.4 is 5.56 Å². The second kappa shape index (κ2) is 12.3. The van der Waals surface area contributed by atoms with Gasteiger partial charge in [-0.2, -0.15) is 18.4 Å². The van der Waals surface area contributed by atoms with E-state index in [-0.39, 0.29) is 29.1 Å². The van der Waals surface area contributed by atoms with E-state index >= 15 is 0 Å². The van der Waals surface area contributed by atoms with Gasteiger partial charge in [-0.25, -0.2) is 17.8 Å². The SMILES string of the molecule is CCS(=O)(=O)CCN(C(=O)Cc1ccc(C(F)(F)F)c(F)c1)[C@H](C)c1nc2ccccc2c(=O)n1-c1ccc(C#N)cc1. The largest absolute Gasteiger partial charge is 0.419 e. The summed E-state index contributed by atoms with van der Waals surface area (Å²) < 4.78 is 79.5. The summed E-state index contributed by atoms with van der Waals surface area (Å²) in [7, 11) is -3.58. The van der Waals surface area contributed by atoms with Gasteiger partial charge >= 0.3 is 6.18 Å². The van der Waals surface area contributed by atoms with Crippen LogP contribution in [0.5, 0.6) is 0 Å². The molecule has 8 nitrogen and oxygen atoms in total. The summed E-state index contributed by atoms with van der Waals surface area (Å²) in [6.07, 6.45) is -5.46. The Morgan fingerprint density at radius 1 is 1.09 bits per heavy atom. The summed E-state index contributed by atoms with van der Waals surface area (Å²) in [6.45, 7) is 2.67. The highest BCUT2D eigenvalue weighted by Gasteiger charge is 2.34. The summed E-state index contributed by atoms with van der Waals surface area (Å²) >= 11 is 0. The van der Waals surface area contributed by atoms with E-state index in [1.807, 2.05) is 6.07 Å². The van der Waals surface area contributed by atoms with E-state index in [1.54, 1.807) is 31.2 Å². The zero-order valence-corrected chi connectivity index (χ0v) is 23.9. The van der Waals surface area contributed by atoms with Gasteiger partial charge < -0.3 is 4.90 Å². The van der Waals surface area contributed by atoms with Crippen molar-refractivity contribution in [2.24, 2.45) is 0 Å². The van der Waals surface area contributed by atoms with E-state index < -0.39 is 57.1 Å². The number of hydrogen-bond acceptors (Lipinski definition) is 6. The Bertz CT molecular complexity index is 1880. The Kier molecular flexibility index (Phi) is 9.01. The van der Waals surface area contributed by atoms with Crippen molar-refractivity contribution in [2.75, 3.05) is 18.1 Å². The van der Waals surface area contributed by atoms with Gasteiger partial charge in [0.2, 0.25) is 5.91 Å². The molecule has 0 unspecified atom stereocenters. The highest BCUT2D eigenvalue weighted by molar-refractivity contribution is 7.91. The van der Waals surface area contributed by atoms with Crippen LogP contribution in [-0.4, -0.2) is 46.8 Å². The van der Waals surface area contributed by atoms with Crippen molar-refractivity contribution in [1.82, 2.24) is 14.5 Å². The van der Waals surface area contributed by atoms with Crippen LogP contribution in [0.4, 0.5) is 17.6 Å². The van der Waals surface area contributed by atoms with E-state index in [0.29, 0.717) is 28.9 Å². The molecular formula is C30H26F4N4O4S. The number of halogens is 4. The molecule has 1 amide bonds. The summed E-state index contributed by atoms with van der Waals surface area (Å²) in [5.74, 6) is -2.81. The standard InChI is InChI=1S/C30H26F4N4O4S/c1-3-43(41,42)15-14-37(27(39)17-21-10-13-24(25(31)16-21)30(32,33)34)19(2)28-36-26-7-5-4-6-23(26)29(40)38(28)22-11-8-20(18-35)9-12-22/h4-13,16,19H,3,14-15,17H2,1-2H3/t19-/m1/s1. The van der Waals surface area contributed by atoms with Crippen molar-refractivity contribution in [2.45, 2.75) is 32.5 Å². The third-order valence-corrected chi connectivity index (χ3v) is 8.68. The number of sulfone groups is 1. The molecule has 0 bridgehead atoms. The fourth-order valence-corrected chi connectivity index (χ4v) is 5.36. The molecule has 1 heterocycles. The first kappa shape index (κ1) is 31.4. The maximum absolute atomic E-state index is 14.3. The van der Waals surface area contributed by atoms with Gasteiger partial charge in [-0.1, -0.05) is 25.1 Å². The first-order chi connectivity index (χ1) is 20.3. The molecule has 0 aliphatic carbocycles. The average molecular weight is 615 g/mol. The van der Waals surface area contributed by atoms with Gasteiger partial charge in [0.25, 0.3) is 5.56 Å². The minimum atomic E-state index is -4.92. The lowest BCUT2D eigenvalue weighted by Crippen LogP contribution is -2.41. The number of hydrogen-bond donors (Lipinski definition) is 0. The van der Waals surface area contributed by atoms with Crippen LogP contribution in [0, 0.1) is 17.1 Å². The smallest absolute Gasteiger partial charge is 0.331 e. The average Bonchev–Trinajstić information content (AvgIpc) is 2.96. The van der Waals surface area contributed by atoms with Gasteiger partial charge in [0.05, 0.1) is 52.0 Å². The Balaban J connectivity index is 1.82. The lowest BCUT2D eigenvalue weighted by molar-refractivity contribution is -0.140. The molecule has 13 heteroatoms. The van der Waals surface area contributed by atoms with E-state index in [1.165, 1.54) is 40.7 Å². The number of para-hydroxylation sites is 1. The number of fused-ring (bicyclic) bond motifs is 1. The zero-order chi connectivity index (χ0) is 31.5. The number of aromatic nitrogens is 2. The summed E-state index contributed by atoms with van der Waals surface area (Å²) in [4.78, 5) is 33.2. The molecule has 0 aliphatic rings. The highest BCUT2D eigenvalue weighted by atomic mass is 32.2. The van der Waals surface area contributed by atoms with Crippen LogP contribution in [0.15, 0.2) is 71.5 Å². The lowest BCUT2D eigenvalue weighted by Gasteiger charge is -2.31. The lowest BCUT2D eigenvalue weighted by atomic mass is 10.1. The topological polar surface area (TPSA) is 113 Å². The molecule has 0 saturated heterocycles. The predicted octanol–water partition coefficient (Wildman–Crippen LogP) is 4.98. The molecule has 0 fully saturated rings. The monoisotopic (exact) mass is 614 g/mol. The van der Waals surface area contributed by atoms with Gasteiger partial charge in [-0.05, 0) is 61.0 Å². The quantitative estimate of drug-likeness (QED) is 0.246. The number of nitrogens with zero attached hydrogens (tertiary/aromatic N) is 4. The van der Waals surface area contributed by atoms with Crippen molar-refractivity contribution < 1.29 is 30.8 Å². The molecule has 43 heavy (non-hydrogen) atoms. The number of carbonyl (C=O) groups excluding carboxylic acids is 1. The highest BCUT2D eigenvalue weighted by Crippen LogP contribution is 2.32. The predicted molar refractivity (Wildman–Crippen MR) is 152 cm³/mol. The van der Waals surface area contributed by atoms with Crippen molar-refractivity contribution >= 4 is 26.6 Å². The number of benzene rings is 3. The molecule has 3 aromatic carbocycles. The minimum absolute atomic E-state index is 0.0537. The summed E-state index contributed by atoms with van der Waals surface area (Å²) in [6, 6.07) is 15.7. The van der Waals surface area contributed by atoms with Gasteiger partial charge in [-0.15, -0.1) is 0 Å². The maximum Gasteiger partial charge on any atom is 0.419 e. The molecule has 0 aliphatic heterocycles. The van der Waals surface area contributed by atoms with Crippen molar-refractivity contribution in [1.29, 1.82) is 5.26 Å². The molecule has 0 saturated carbocycles. The molecule has 224 valence electrons. The van der Waals surface area contributed by atoms with Gasteiger partial charge in [0.1, 0.15) is 11.6 Å². The molecule has 4 rings (SSSR count). The number of carbonyl (C=O) groups is 1. The minimum Gasteiger partial charge on any atom is -0.331 e. The first-order valence-corrected chi connectivity index (χ1v) is 15.0. The molecule has 0 N–H and O–H groups in total. The molecule has 0 spiro atoms. The van der Waals surface area contributed by atoms with Gasteiger partial charge in [0.15, 0.2) is 9.84 Å². The third kappa shape index (κ3) is 6.91. The number of rotatable bonds is 9. The van der Waals surface area contributed by atoms with Crippen LogP contribution >= 0.6 is 0 Å². The molecular weight excluding hydrogens is 588 g/mol. The Labute approximate surface area is 244 Å². The second-order valence-corrected chi connectivity index (χ2v) is 12.2. The third-order valence-electron chi connectivity index (χ3n) is 7.00. The Morgan fingerprint density at radius 2 is 1.77 bits per heavy atom. The number of alkyl halides is 3. The van der Waals surface area contributed by atoms with E-state index in [4.69, 9.17) is 0 Å². The zero-order valence-electron chi connectivity index (χ0n) is 23.1. The summed E-state index contributed by atoms with van der Waals surface area (Å²) in [5, 5.41) is 9.48.